The summed E-state index contributed by atoms with van der Waals surface area (Å²) in [5.74, 6) is 1.11. The molecule has 0 aromatic rings. The third-order valence-electron chi connectivity index (χ3n) is 3.38. The maximum Gasteiger partial charge on any atom is 0.164 e. The fourth-order valence-electron chi connectivity index (χ4n) is 2.84. The van der Waals surface area contributed by atoms with Crippen LogP contribution in [-0.4, -0.2) is 22.4 Å². The summed E-state index contributed by atoms with van der Waals surface area (Å²) < 4.78 is 11.5. The van der Waals surface area contributed by atoms with E-state index in [2.05, 4.69) is 6.92 Å². The van der Waals surface area contributed by atoms with Crippen LogP contribution in [0, 0.1) is 11.8 Å². The lowest BCUT2D eigenvalue weighted by Gasteiger charge is -2.36. The second kappa shape index (κ2) is 2.74. The lowest BCUT2D eigenvalue weighted by atomic mass is 9.87. The van der Waals surface area contributed by atoms with Gasteiger partial charge in [0.1, 0.15) is 16.2 Å². The third kappa shape index (κ3) is 1.17. The molecule has 0 N–H and O–H groups in total. The predicted molar refractivity (Wildman–Crippen MR) is 52.6 cm³/mol. The lowest BCUT2D eigenvalue weighted by Crippen LogP contribution is -2.35. The molecule has 4 heteroatoms. The van der Waals surface area contributed by atoms with Gasteiger partial charge in [-0.3, -0.25) is 0 Å². The molecule has 4 fully saturated rings. The van der Waals surface area contributed by atoms with Crippen molar-refractivity contribution in [3.05, 3.63) is 0 Å². The number of ether oxygens (including phenoxy) is 2. The normalized spacial score (nSPS) is 54.1. The zero-order chi connectivity index (χ0) is 9.92. The van der Waals surface area contributed by atoms with Crippen molar-refractivity contribution < 1.29 is 14.3 Å². The summed E-state index contributed by atoms with van der Waals surface area (Å²) in [4.78, 5) is 11.1. The highest BCUT2D eigenvalue weighted by Gasteiger charge is 2.62. The molecule has 4 heterocycles. The van der Waals surface area contributed by atoms with E-state index in [4.69, 9.17) is 9.47 Å². The van der Waals surface area contributed by atoms with Gasteiger partial charge >= 0.3 is 0 Å². The van der Waals surface area contributed by atoms with Gasteiger partial charge in [-0.15, -0.1) is 0 Å². The number of hydrogen-bond acceptors (Lipinski definition) is 4. The Kier molecular flexibility index (Phi) is 1.80. The molecule has 4 aliphatic rings. The van der Waals surface area contributed by atoms with Crippen LogP contribution in [-0.2, 0) is 14.3 Å². The quantitative estimate of drug-likeness (QED) is 0.701. The molecule has 4 saturated heterocycles. The Morgan fingerprint density at radius 1 is 1.64 bits per heavy atom. The first-order valence-corrected chi connectivity index (χ1v) is 5.96. The minimum atomic E-state index is -0.0362. The number of carbonyl (C=O) groups excluding carboxylic acids is 1. The Morgan fingerprint density at radius 3 is 3.07 bits per heavy atom. The molecule has 0 aromatic heterocycles. The SMILES string of the molecule is CC(=O)CC1C2OC3OC(C)(CC31)S2. The van der Waals surface area contributed by atoms with Gasteiger partial charge < -0.3 is 14.3 Å². The Hall–Kier alpha value is -0.0600. The van der Waals surface area contributed by atoms with Crippen LogP contribution in [0.2, 0.25) is 0 Å². The average Bonchev–Trinajstić information content (AvgIpc) is 2.41. The number of Topliss-reactive ketones (excluding diaryl/α,β-unsaturated/α-hetero) is 1. The molecule has 3 nitrogen and oxygen atoms in total. The van der Waals surface area contributed by atoms with Crippen LogP contribution in [0.25, 0.3) is 0 Å². The Labute approximate surface area is 87.5 Å². The Balaban J connectivity index is 1.83. The molecule has 0 aromatic carbocycles. The maximum absolute atomic E-state index is 11.1. The Morgan fingerprint density at radius 2 is 2.43 bits per heavy atom. The summed E-state index contributed by atoms with van der Waals surface area (Å²) in [6.45, 7) is 3.79. The van der Waals surface area contributed by atoms with Gasteiger partial charge in [0.25, 0.3) is 0 Å². The summed E-state index contributed by atoms with van der Waals surface area (Å²) in [7, 11) is 0. The van der Waals surface area contributed by atoms with E-state index in [1.807, 2.05) is 0 Å². The van der Waals surface area contributed by atoms with Crippen molar-refractivity contribution in [3.8, 4) is 0 Å². The first-order chi connectivity index (χ1) is 6.57. The van der Waals surface area contributed by atoms with Crippen molar-refractivity contribution in [1.29, 1.82) is 0 Å². The van der Waals surface area contributed by atoms with Crippen LogP contribution in [0.15, 0.2) is 0 Å². The third-order valence-corrected chi connectivity index (χ3v) is 4.83. The lowest BCUT2D eigenvalue weighted by molar-refractivity contribution is -0.143. The number of thioether (sulfide) groups is 1. The molecule has 0 aliphatic carbocycles. The van der Waals surface area contributed by atoms with E-state index < -0.39 is 0 Å². The number of rotatable bonds is 2. The number of carbonyl (C=O) groups is 1. The van der Waals surface area contributed by atoms with Gasteiger partial charge in [0.05, 0.1) is 0 Å². The monoisotopic (exact) mass is 214 g/mol. The molecule has 0 saturated carbocycles. The van der Waals surface area contributed by atoms with E-state index in [0.29, 0.717) is 18.3 Å². The van der Waals surface area contributed by atoms with Crippen molar-refractivity contribution in [2.24, 2.45) is 11.8 Å². The first-order valence-electron chi connectivity index (χ1n) is 5.08. The second-order valence-electron chi connectivity index (χ2n) is 4.68. The molecule has 5 unspecified atom stereocenters. The van der Waals surface area contributed by atoms with Crippen LogP contribution in [0.4, 0.5) is 0 Å². The van der Waals surface area contributed by atoms with E-state index in [0.717, 1.165) is 6.42 Å². The van der Waals surface area contributed by atoms with Gasteiger partial charge in [-0.05, 0) is 20.3 Å². The van der Waals surface area contributed by atoms with Crippen molar-refractivity contribution in [3.63, 3.8) is 0 Å². The van der Waals surface area contributed by atoms with Gasteiger partial charge in [-0.25, -0.2) is 0 Å². The molecular weight excluding hydrogens is 200 g/mol. The highest BCUT2D eigenvalue weighted by Crippen LogP contribution is 2.61. The van der Waals surface area contributed by atoms with Crippen molar-refractivity contribution in [2.75, 3.05) is 0 Å². The van der Waals surface area contributed by atoms with Gasteiger partial charge in [-0.2, -0.15) is 0 Å². The zero-order valence-corrected chi connectivity index (χ0v) is 9.17. The van der Waals surface area contributed by atoms with Crippen LogP contribution >= 0.6 is 11.8 Å². The van der Waals surface area contributed by atoms with Crippen LogP contribution in [0.1, 0.15) is 26.7 Å². The van der Waals surface area contributed by atoms with Gasteiger partial charge in [-0.1, -0.05) is 11.8 Å². The molecule has 0 spiro atoms. The van der Waals surface area contributed by atoms with Gasteiger partial charge in [0.15, 0.2) is 6.29 Å². The standard InChI is InChI=1S/C10H14O3S/c1-5(11)3-6-7-4-10(2)13-8(7)12-9(6)14-10/h6-9H,3-4H2,1-2H3. The molecule has 0 radical (unpaired) electrons. The van der Waals surface area contributed by atoms with Crippen molar-refractivity contribution in [1.82, 2.24) is 0 Å². The van der Waals surface area contributed by atoms with E-state index >= 15 is 0 Å². The highest BCUT2D eigenvalue weighted by molar-refractivity contribution is 8.01. The first kappa shape index (κ1) is 9.19. The van der Waals surface area contributed by atoms with Gasteiger partial charge in [0, 0.05) is 18.3 Å². The summed E-state index contributed by atoms with van der Waals surface area (Å²) in [6, 6.07) is 0. The zero-order valence-electron chi connectivity index (χ0n) is 8.36. The minimum Gasteiger partial charge on any atom is -0.338 e. The molecule has 14 heavy (non-hydrogen) atoms. The highest BCUT2D eigenvalue weighted by atomic mass is 32.2. The molecule has 5 atom stereocenters. The largest absolute Gasteiger partial charge is 0.338 e. The fourth-order valence-corrected chi connectivity index (χ4v) is 4.41. The molecule has 4 bridgehead atoms. The Bertz CT molecular complexity index is 289. The van der Waals surface area contributed by atoms with Crippen LogP contribution in [0.5, 0.6) is 0 Å². The average molecular weight is 214 g/mol. The summed E-state index contributed by atoms with van der Waals surface area (Å²) in [5, 5.41) is 0. The summed E-state index contributed by atoms with van der Waals surface area (Å²) in [5.41, 5.74) is 0.196. The van der Waals surface area contributed by atoms with Gasteiger partial charge in [0.2, 0.25) is 0 Å². The van der Waals surface area contributed by atoms with Crippen molar-refractivity contribution in [2.45, 2.75) is 43.3 Å². The topological polar surface area (TPSA) is 35.5 Å². The van der Waals surface area contributed by atoms with Crippen LogP contribution < -0.4 is 0 Å². The minimum absolute atomic E-state index is 0.0319. The maximum atomic E-state index is 11.1. The molecule has 4 aliphatic heterocycles. The summed E-state index contributed by atoms with van der Waals surface area (Å²) >= 11 is 1.75. The predicted octanol–water partition coefficient (Wildman–Crippen LogP) is 1.76. The van der Waals surface area contributed by atoms with E-state index in [-0.39, 0.29) is 22.4 Å². The molecule has 78 valence electrons. The second-order valence-corrected chi connectivity index (χ2v) is 6.24. The molecular formula is C10H14O3S. The molecule has 4 rings (SSSR count). The smallest absolute Gasteiger partial charge is 0.164 e. The number of ketones is 1. The van der Waals surface area contributed by atoms with Crippen LogP contribution in [0.3, 0.4) is 0 Å². The summed E-state index contributed by atoms with van der Waals surface area (Å²) in [6.07, 6.45) is 1.66. The number of hydrogen-bond donors (Lipinski definition) is 0. The van der Waals surface area contributed by atoms with E-state index in [1.165, 1.54) is 0 Å². The van der Waals surface area contributed by atoms with E-state index in [1.54, 1.807) is 18.7 Å². The fraction of sp³-hybridized carbons (Fsp3) is 0.900. The van der Waals surface area contributed by atoms with E-state index in [9.17, 15) is 4.79 Å². The van der Waals surface area contributed by atoms with Crippen molar-refractivity contribution >= 4 is 17.5 Å². The molecule has 0 amide bonds.